The van der Waals surface area contributed by atoms with E-state index in [1.54, 1.807) is 0 Å². The van der Waals surface area contributed by atoms with E-state index in [-0.39, 0.29) is 6.10 Å². The average molecular weight is 284 g/mol. The maximum atomic E-state index is 6.14. The highest BCUT2D eigenvalue weighted by molar-refractivity contribution is 5.45. The Morgan fingerprint density at radius 1 is 1.00 bits per heavy atom. The van der Waals surface area contributed by atoms with Crippen molar-refractivity contribution in [3.05, 3.63) is 59.7 Å². The Kier molecular flexibility index (Phi) is 4.11. The van der Waals surface area contributed by atoms with Gasteiger partial charge in [-0.05, 0) is 29.2 Å². The van der Waals surface area contributed by atoms with E-state index in [1.807, 2.05) is 30.3 Å². The second-order valence-electron chi connectivity index (χ2n) is 5.57. The van der Waals surface area contributed by atoms with Crippen LogP contribution in [-0.4, -0.2) is 6.79 Å². The second kappa shape index (κ2) is 6.19. The van der Waals surface area contributed by atoms with E-state index in [0.29, 0.717) is 19.3 Å². The fourth-order valence-corrected chi connectivity index (χ4v) is 2.52. The van der Waals surface area contributed by atoms with E-state index in [9.17, 15) is 0 Å². The van der Waals surface area contributed by atoms with Gasteiger partial charge in [-0.25, -0.2) is 0 Å². The van der Waals surface area contributed by atoms with Gasteiger partial charge in [0.15, 0.2) is 11.5 Å². The third-order valence-electron chi connectivity index (χ3n) is 3.60. The van der Waals surface area contributed by atoms with Crippen LogP contribution in [0.1, 0.15) is 31.1 Å². The van der Waals surface area contributed by atoms with Crippen molar-refractivity contribution in [3.63, 3.8) is 0 Å². The molecule has 3 rings (SSSR count). The number of rotatable bonds is 5. The van der Waals surface area contributed by atoms with E-state index in [2.05, 4.69) is 32.0 Å². The van der Waals surface area contributed by atoms with Crippen LogP contribution in [0.3, 0.4) is 0 Å². The normalized spacial score (nSPS) is 14.4. The highest BCUT2D eigenvalue weighted by Gasteiger charge is 2.21. The van der Waals surface area contributed by atoms with Crippen molar-refractivity contribution in [2.24, 2.45) is 5.92 Å². The number of ether oxygens (including phenoxy) is 3. The molecule has 0 fully saturated rings. The number of hydrogen-bond acceptors (Lipinski definition) is 3. The molecule has 0 saturated carbocycles. The van der Waals surface area contributed by atoms with Crippen LogP contribution in [0.4, 0.5) is 0 Å². The van der Waals surface area contributed by atoms with Crippen LogP contribution in [0.25, 0.3) is 0 Å². The second-order valence-corrected chi connectivity index (χ2v) is 5.57. The molecule has 0 spiro atoms. The molecular formula is C18H20O3. The van der Waals surface area contributed by atoms with E-state index in [1.165, 1.54) is 5.56 Å². The first-order valence-corrected chi connectivity index (χ1v) is 7.29. The lowest BCUT2D eigenvalue weighted by atomic mass is 9.98. The van der Waals surface area contributed by atoms with Crippen LogP contribution in [0.2, 0.25) is 0 Å². The lowest BCUT2D eigenvalue weighted by Crippen LogP contribution is -2.11. The van der Waals surface area contributed by atoms with Gasteiger partial charge in [0.2, 0.25) is 6.79 Å². The minimum Gasteiger partial charge on any atom is -0.454 e. The first-order valence-electron chi connectivity index (χ1n) is 7.29. The van der Waals surface area contributed by atoms with E-state index in [4.69, 9.17) is 14.2 Å². The molecule has 21 heavy (non-hydrogen) atoms. The zero-order valence-electron chi connectivity index (χ0n) is 12.4. The average Bonchev–Trinajstić information content (AvgIpc) is 2.96. The van der Waals surface area contributed by atoms with Crippen LogP contribution in [0.5, 0.6) is 11.5 Å². The van der Waals surface area contributed by atoms with Crippen LogP contribution in [0, 0.1) is 5.92 Å². The molecule has 2 aromatic carbocycles. The zero-order chi connectivity index (χ0) is 14.7. The topological polar surface area (TPSA) is 27.7 Å². The number of fused-ring (bicyclic) bond motifs is 1. The number of hydrogen-bond donors (Lipinski definition) is 0. The van der Waals surface area contributed by atoms with Crippen LogP contribution < -0.4 is 9.47 Å². The predicted octanol–water partition coefficient (Wildman–Crippen LogP) is 4.33. The Balaban J connectivity index is 1.75. The first-order chi connectivity index (χ1) is 10.2. The highest BCUT2D eigenvalue weighted by atomic mass is 16.7. The Morgan fingerprint density at radius 2 is 1.76 bits per heavy atom. The highest BCUT2D eigenvalue weighted by Crippen LogP contribution is 2.37. The first kappa shape index (κ1) is 14.0. The molecule has 110 valence electrons. The third kappa shape index (κ3) is 3.19. The summed E-state index contributed by atoms with van der Waals surface area (Å²) in [6.07, 6.45) is 0.0414. The molecule has 2 aromatic rings. The zero-order valence-corrected chi connectivity index (χ0v) is 12.4. The Labute approximate surface area is 125 Å². The van der Waals surface area contributed by atoms with Crippen molar-refractivity contribution in [2.45, 2.75) is 26.6 Å². The molecule has 1 heterocycles. The molecule has 0 bridgehead atoms. The summed E-state index contributed by atoms with van der Waals surface area (Å²) in [6, 6.07) is 16.3. The fourth-order valence-electron chi connectivity index (χ4n) is 2.52. The van der Waals surface area contributed by atoms with Crippen molar-refractivity contribution in [1.29, 1.82) is 0 Å². The molecule has 3 nitrogen and oxygen atoms in total. The molecule has 0 amide bonds. The van der Waals surface area contributed by atoms with Gasteiger partial charge < -0.3 is 14.2 Å². The summed E-state index contributed by atoms with van der Waals surface area (Å²) >= 11 is 0. The van der Waals surface area contributed by atoms with E-state index >= 15 is 0 Å². The van der Waals surface area contributed by atoms with Crippen molar-refractivity contribution in [1.82, 2.24) is 0 Å². The van der Waals surface area contributed by atoms with Crippen molar-refractivity contribution in [3.8, 4) is 11.5 Å². The lowest BCUT2D eigenvalue weighted by molar-refractivity contribution is 0.00889. The monoisotopic (exact) mass is 284 g/mol. The van der Waals surface area contributed by atoms with Gasteiger partial charge in [-0.1, -0.05) is 50.2 Å². The maximum absolute atomic E-state index is 6.14. The third-order valence-corrected chi connectivity index (χ3v) is 3.60. The summed E-state index contributed by atoms with van der Waals surface area (Å²) in [5.74, 6) is 2.00. The molecule has 1 unspecified atom stereocenters. The molecule has 3 heteroatoms. The quantitative estimate of drug-likeness (QED) is 0.818. The van der Waals surface area contributed by atoms with E-state index < -0.39 is 0 Å². The largest absolute Gasteiger partial charge is 0.454 e. The summed E-state index contributed by atoms with van der Waals surface area (Å²) in [6.45, 7) is 5.24. The summed E-state index contributed by atoms with van der Waals surface area (Å²) in [5, 5.41) is 0. The predicted molar refractivity (Wildman–Crippen MR) is 81.4 cm³/mol. The molecule has 1 atom stereocenters. The van der Waals surface area contributed by atoms with Crippen LogP contribution in [0.15, 0.2) is 48.5 Å². The van der Waals surface area contributed by atoms with Crippen molar-refractivity contribution in [2.75, 3.05) is 6.79 Å². The van der Waals surface area contributed by atoms with Gasteiger partial charge in [-0.3, -0.25) is 0 Å². The molecule has 1 aliphatic rings. The molecule has 1 aliphatic heterocycles. The van der Waals surface area contributed by atoms with E-state index in [0.717, 1.165) is 17.1 Å². The smallest absolute Gasteiger partial charge is 0.231 e. The number of benzene rings is 2. The van der Waals surface area contributed by atoms with Gasteiger partial charge in [0.25, 0.3) is 0 Å². The van der Waals surface area contributed by atoms with Crippen LogP contribution in [-0.2, 0) is 11.3 Å². The molecule has 0 radical (unpaired) electrons. The lowest BCUT2D eigenvalue weighted by Gasteiger charge is -2.22. The van der Waals surface area contributed by atoms with Crippen LogP contribution >= 0.6 is 0 Å². The standard InChI is InChI=1S/C18H20O3/c1-13(2)18(19-11-14-6-4-3-5-7-14)15-8-9-16-17(10-15)21-12-20-16/h3-10,13,18H,11-12H2,1-2H3. The summed E-state index contributed by atoms with van der Waals surface area (Å²) in [7, 11) is 0. The Morgan fingerprint density at radius 3 is 2.52 bits per heavy atom. The molecule has 0 N–H and O–H groups in total. The Bertz CT molecular complexity index is 593. The summed E-state index contributed by atoms with van der Waals surface area (Å²) in [4.78, 5) is 0. The van der Waals surface area contributed by atoms with Gasteiger partial charge in [0, 0.05) is 0 Å². The minimum atomic E-state index is 0.0414. The summed E-state index contributed by atoms with van der Waals surface area (Å²) < 4.78 is 17.0. The molecular weight excluding hydrogens is 264 g/mol. The molecule has 0 aliphatic carbocycles. The van der Waals surface area contributed by atoms with Crippen molar-refractivity contribution >= 4 is 0 Å². The maximum Gasteiger partial charge on any atom is 0.231 e. The van der Waals surface area contributed by atoms with Crippen molar-refractivity contribution < 1.29 is 14.2 Å². The Hall–Kier alpha value is -2.00. The van der Waals surface area contributed by atoms with Gasteiger partial charge in [0.1, 0.15) is 0 Å². The summed E-state index contributed by atoms with van der Waals surface area (Å²) in [5.41, 5.74) is 2.31. The fraction of sp³-hybridized carbons (Fsp3) is 0.333. The van der Waals surface area contributed by atoms with Gasteiger partial charge >= 0.3 is 0 Å². The van der Waals surface area contributed by atoms with Gasteiger partial charge in [-0.15, -0.1) is 0 Å². The van der Waals surface area contributed by atoms with Gasteiger partial charge in [0.05, 0.1) is 12.7 Å². The molecule has 0 saturated heterocycles. The van der Waals surface area contributed by atoms with Gasteiger partial charge in [-0.2, -0.15) is 0 Å². The SMILES string of the molecule is CC(C)C(OCc1ccccc1)c1ccc2c(c1)OCO2. The molecule has 0 aromatic heterocycles. The minimum absolute atomic E-state index is 0.0414.